The molecule has 1 aromatic carbocycles. The van der Waals surface area contributed by atoms with Gasteiger partial charge in [0.15, 0.2) is 0 Å². The number of likely N-dealkylation sites (tertiary alicyclic amines) is 1. The van der Waals surface area contributed by atoms with Gasteiger partial charge in [-0.05, 0) is 49.7 Å². The molecule has 0 saturated carbocycles. The fourth-order valence-electron chi connectivity index (χ4n) is 4.61. The third-order valence-corrected chi connectivity index (χ3v) is 5.79. The van der Waals surface area contributed by atoms with Crippen molar-refractivity contribution in [1.29, 1.82) is 0 Å². The quantitative estimate of drug-likeness (QED) is 0.646. The maximum absolute atomic E-state index is 13.0. The second-order valence-corrected chi connectivity index (χ2v) is 8.20. The molecule has 2 aliphatic heterocycles. The van der Waals surface area contributed by atoms with Gasteiger partial charge >= 0.3 is 0 Å². The number of piperidine rings is 2. The highest BCUT2D eigenvalue weighted by Gasteiger charge is 2.30. The Bertz CT molecular complexity index is 698. The van der Waals surface area contributed by atoms with Crippen molar-refractivity contribution in [2.45, 2.75) is 45.6 Å². The SMILES string of the molecule is CC1CC(C)CN(c2ccc(C(=O)N3CCCCC3CN)cc2[N+](=O)[O-])C1. The second-order valence-electron chi connectivity index (χ2n) is 8.20. The number of nitro groups is 1. The summed E-state index contributed by atoms with van der Waals surface area (Å²) < 4.78 is 0. The van der Waals surface area contributed by atoms with E-state index in [0.29, 0.717) is 36.2 Å². The van der Waals surface area contributed by atoms with Gasteiger partial charge in [-0.3, -0.25) is 14.9 Å². The van der Waals surface area contributed by atoms with Gasteiger partial charge in [0.05, 0.1) is 4.92 Å². The van der Waals surface area contributed by atoms with Crippen molar-refractivity contribution >= 4 is 17.3 Å². The van der Waals surface area contributed by atoms with Crippen LogP contribution >= 0.6 is 0 Å². The summed E-state index contributed by atoms with van der Waals surface area (Å²) in [7, 11) is 0. The Kier molecular flexibility index (Phi) is 5.99. The first-order chi connectivity index (χ1) is 12.9. The Labute approximate surface area is 160 Å². The first-order valence-electron chi connectivity index (χ1n) is 9.95. The molecule has 148 valence electrons. The highest BCUT2D eigenvalue weighted by atomic mass is 16.6. The molecule has 27 heavy (non-hydrogen) atoms. The maximum atomic E-state index is 13.0. The number of nitrogens with two attached hydrogens (primary N) is 1. The minimum absolute atomic E-state index is 0.0171. The number of nitrogens with zero attached hydrogens (tertiary/aromatic N) is 3. The van der Waals surface area contributed by atoms with Crippen LogP contribution in [0.5, 0.6) is 0 Å². The van der Waals surface area contributed by atoms with Crippen molar-refractivity contribution in [2.24, 2.45) is 17.6 Å². The summed E-state index contributed by atoms with van der Waals surface area (Å²) in [5.74, 6) is 0.835. The number of carbonyl (C=O) groups excluding carboxylic acids is 1. The second kappa shape index (κ2) is 8.25. The minimum Gasteiger partial charge on any atom is -0.365 e. The number of carbonyl (C=O) groups is 1. The van der Waals surface area contributed by atoms with Gasteiger partial charge in [-0.15, -0.1) is 0 Å². The molecule has 2 N–H and O–H groups in total. The predicted octanol–water partition coefficient (Wildman–Crippen LogP) is 3.03. The van der Waals surface area contributed by atoms with Crippen molar-refractivity contribution in [1.82, 2.24) is 4.90 Å². The van der Waals surface area contributed by atoms with Crippen LogP contribution in [0.2, 0.25) is 0 Å². The topological polar surface area (TPSA) is 92.7 Å². The molecule has 3 unspecified atom stereocenters. The molecule has 7 heteroatoms. The van der Waals surface area contributed by atoms with E-state index in [4.69, 9.17) is 5.73 Å². The molecule has 0 spiro atoms. The molecule has 3 rings (SSSR count). The summed E-state index contributed by atoms with van der Waals surface area (Å²) in [5.41, 5.74) is 6.84. The zero-order valence-electron chi connectivity index (χ0n) is 16.3. The lowest BCUT2D eigenvalue weighted by atomic mass is 9.91. The predicted molar refractivity (Wildman–Crippen MR) is 106 cm³/mol. The third-order valence-electron chi connectivity index (χ3n) is 5.79. The summed E-state index contributed by atoms with van der Waals surface area (Å²) in [6, 6.07) is 4.95. The number of anilines is 1. The number of hydrogen-bond acceptors (Lipinski definition) is 5. The minimum atomic E-state index is -0.368. The fraction of sp³-hybridized carbons (Fsp3) is 0.650. The summed E-state index contributed by atoms with van der Waals surface area (Å²) in [5, 5.41) is 11.7. The zero-order valence-corrected chi connectivity index (χ0v) is 16.3. The van der Waals surface area contributed by atoms with Crippen molar-refractivity contribution in [3.05, 3.63) is 33.9 Å². The maximum Gasteiger partial charge on any atom is 0.293 e. The lowest BCUT2D eigenvalue weighted by Gasteiger charge is -2.36. The molecule has 2 fully saturated rings. The average molecular weight is 374 g/mol. The van der Waals surface area contributed by atoms with Crippen LogP contribution in [0.4, 0.5) is 11.4 Å². The van der Waals surface area contributed by atoms with E-state index in [0.717, 1.165) is 38.8 Å². The van der Waals surface area contributed by atoms with Gasteiger partial charge in [-0.1, -0.05) is 13.8 Å². The van der Waals surface area contributed by atoms with Gasteiger partial charge in [-0.2, -0.15) is 0 Å². The molecular weight excluding hydrogens is 344 g/mol. The van der Waals surface area contributed by atoms with Crippen molar-refractivity contribution in [2.75, 3.05) is 31.1 Å². The summed E-state index contributed by atoms with van der Waals surface area (Å²) in [6.07, 6.45) is 4.05. The highest BCUT2D eigenvalue weighted by Crippen LogP contribution is 2.34. The average Bonchev–Trinajstić information content (AvgIpc) is 2.66. The molecule has 3 atom stereocenters. The molecule has 2 aliphatic rings. The van der Waals surface area contributed by atoms with Gasteiger partial charge < -0.3 is 15.5 Å². The van der Waals surface area contributed by atoms with Crippen LogP contribution in [0.1, 0.15) is 49.9 Å². The lowest BCUT2D eigenvalue weighted by Crippen LogP contribution is -2.47. The van der Waals surface area contributed by atoms with E-state index in [1.165, 1.54) is 6.07 Å². The van der Waals surface area contributed by atoms with E-state index in [9.17, 15) is 14.9 Å². The fourth-order valence-corrected chi connectivity index (χ4v) is 4.61. The number of amides is 1. The van der Waals surface area contributed by atoms with Gasteiger partial charge in [0.25, 0.3) is 11.6 Å². The molecule has 0 radical (unpaired) electrons. The first kappa shape index (κ1) is 19.6. The molecule has 1 amide bonds. The van der Waals surface area contributed by atoms with Crippen LogP contribution in [-0.4, -0.2) is 48.0 Å². The monoisotopic (exact) mass is 374 g/mol. The van der Waals surface area contributed by atoms with Crippen molar-refractivity contribution in [3.63, 3.8) is 0 Å². The number of benzene rings is 1. The van der Waals surface area contributed by atoms with Crippen LogP contribution in [0.3, 0.4) is 0 Å². The van der Waals surface area contributed by atoms with Crippen LogP contribution in [0.15, 0.2) is 18.2 Å². The summed E-state index contributed by atoms with van der Waals surface area (Å²) >= 11 is 0. The largest absolute Gasteiger partial charge is 0.365 e. The van der Waals surface area contributed by atoms with E-state index >= 15 is 0 Å². The molecule has 2 saturated heterocycles. The van der Waals surface area contributed by atoms with E-state index in [1.54, 1.807) is 17.0 Å². The van der Waals surface area contributed by atoms with E-state index < -0.39 is 0 Å². The van der Waals surface area contributed by atoms with E-state index in [2.05, 4.69) is 18.7 Å². The van der Waals surface area contributed by atoms with Crippen LogP contribution in [-0.2, 0) is 0 Å². The van der Waals surface area contributed by atoms with E-state index in [1.807, 2.05) is 0 Å². The molecule has 2 heterocycles. The zero-order chi connectivity index (χ0) is 19.6. The number of nitro benzene ring substituents is 1. The smallest absolute Gasteiger partial charge is 0.293 e. The number of hydrogen-bond donors (Lipinski definition) is 1. The van der Waals surface area contributed by atoms with Crippen LogP contribution < -0.4 is 10.6 Å². The number of rotatable bonds is 4. The Hall–Kier alpha value is -2.15. The Morgan fingerprint density at radius 2 is 1.96 bits per heavy atom. The molecule has 1 aromatic rings. The summed E-state index contributed by atoms with van der Waals surface area (Å²) in [6.45, 7) is 7.05. The third kappa shape index (κ3) is 4.24. The van der Waals surface area contributed by atoms with Crippen LogP contribution in [0, 0.1) is 22.0 Å². The first-order valence-corrected chi connectivity index (χ1v) is 9.95. The Morgan fingerprint density at radius 3 is 2.59 bits per heavy atom. The Morgan fingerprint density at radius 1 is 1.26 bits per heavy atom. The van der Waals surface area contributed by atoms with Gasteiger partial charge in [0, 0.05) is 43.9 Å². The van der Waals surface area contributed by atoms with Gasteiger partial charge in [-0.25, -0.2) is 0 Å². The van der Waals surface area contributed by atoms with Gasteiger partial charge in [0.1, 0.15) is 5.69 Å². The molecule has 7 nitrogen and oxygen atoms in total. The summed E-state index contributed by atoms with van der Waals surface area (Å²) in [4.78, 5) is 28.2. The molecule has 0 bridgehead atoms. The normalized spacial score (nSPS) is 26.1. The molecule has 0 aromatic heterocycles. The lowest BCUT2D eigenvalue weighted by molar-refractivity contribution is -0.384. The van der Waals surface area contributed by atoms with Gasteiger partial charge in [0.2, 0.25) is 0 Å². The molecule has 0 aliphatic carbocycles. The highest BCUT2D eigenvalue weighted by molar-refractivity contribution is 5.96. The van der Waals surface area contributed by atoms with E-state index in [-0.39, 0.29) is 22.6 Å². The van der Waals surface area contributed by atoms with Crippen molar-refractivity contribution in [3.8, 4) is 0 Å². The van der Waals surface area contributed by atoms with Crippen molar-refractivity contribution < 1.29 is 9.72 Å². The molecular formula is C20H30N4O3. The Balaban J connectivity index is 1.89. The standard InChI is InChI=1S/C20H30N4O3/c1-14-9-15(2)13-22(12-14)18-7-6-16(10-19(18)24(26)27)20(25)23-8-4-3-5-17(23)11-21/h6-7,10,14-15,17H,3-5,8-9,11-13,21H2,1-2H3. The van der Waals surface area contributed by atoms with Crippen LogP contribution in [0.25, 0.3) is 0 Å².